The van der Waals surface area contributed by atoms with Gasteiger partial charge in [0, 0.05) is 45.9 Å². The van der Waals surface area contributed by atoms with E-state index < -0.39 is 10.1 Å². The lowest BCUT2D eigenvalue weighted by molar-refractivity contribution is -0.145. The maximum atomic E-state index is 12.1. The molecule has 0 aliphatic heterocycles. The first-order chi connectivity index (χ1) is 16.0. The third kappa shape index (κ3) is 16.2. The van der Waals surface area contributed by atoms with Gasteiger partial charge in [0.15, 0.2) is 0 Å². The fraction of sp³-hybridized carbons (Fsp3) is 0.609. The van der Waals surface area contributed by atoms with Gasteiger partial charge in [-0.25, -0.2) is 0 Å². The van der Waals surface area contributed by atoms with Gasteiger partial charge in [0.1, 0.15) is 6.61 Å². The van der Waals surface area contributed by atoms with E-state index in [-0.39, 0.29) is 43.5 Å². The number of amides is 2. The van der Waals surface area contributed by atoms with Gasteiger partial charge in [0.25, 0.3) is 10.1 Å². The second-order valence-electron chi connectivity index (χ2n) is 8.10. The molecule has 11 heteroatoms. The summed E-state index contributed by atoms with van der Waals surface area (Å²) in [7, 11) is -3.51. The second kappa shape index (κ2) is 16.2. The van der Waals surface area contributed by atoms with Crippen LogP contribution in [0.5, 0.6) is 0 Å². The van der Waals surface area contributed by atoms with E-state index in [1.165, 1.54) is 13.8 Å². The van der Waals surface area contributed by atoms with Crippen molar-refractivity contribution >= 4 is 27.9 Å². The molecule has 0 aliphatic carbocycles. The molecular weight excluding hydrogens is 462 g/mol. The van der Waals surface area contributed by atoms with E-state index in [9.17, 15) is 22.8 Å². The normalized spacial score (nSPS) is 12.2. The highest BCUT2D eigenvalue weighted by Gasteiger charge is 2.16. The Kier molecular flexibility index (Phi) is 14.1. The highest BCUT2D eigenvalue weighted by atomic mass is 32.2. The van der Waals surface area contributed by atoms with Crippen molar-refractivity contribution in [3.8, 4) is 0 Å². The minimum absolute atomic E-state index is 0.0358. The van der Waals surface area contributed by atoms with Gasteiger partial charge in [-0.3, -0.25) is 23.5 Å². The zero-order chi connectivity index (χ0) is 25.4. The molecule has 2 N–H and O–H groups in total. The van der Waals surface area contributed by atoms with Crippen molar-refractivity contribution in [3.63, 3.8) is 0 Å². The van der Waals surface area contributed by atoms with E-state index in [2.05, 4.69) is 15.5 Å². The molecule has 0 bridgehead atoms. The molecule has 34 heavy (non-hydrogen) atoms. The van der Waals surface area contributed by atoms with Gasteiger partial charge >= 0.3 is 5.97 Å². The maximum absolute atomic E-state index is 12.1. The molecule has 10 nitrogen and oxygen atoms in total. The summed E-state index contributed by atoms with van der Waals surface area (Å²) >= 11 is 0. The van der Waals surface area contributed by atoms with Crippen LogP contribution in [0.4, 0.5) is 0 Å². The minimum Gasteiger partial charge on any atom is -0.461 e. The number of carbonyl (C=O) groups is 3. The SMILES string of the molecule is CC(=O)NCCN(CCCC(=O)OCc1ccccc1)CC(CCCOS(C)(=O)=O)NC(C)=O. The lowest BCUT2D eigenvalue weighted by atomic mass is 10.1. The van der Waals surface area contributed by atoms with E-state index >= 15 is 0 Å². The summed E-state index contributed by atoms with van der Waals surface area (Å²) in [4.78, 5) is 37.0. The van der Waals surface area contributed by atoms with Crippen LogP contribution >= 0.6 is 0 Å². The van der Waals surface area contributed by atoms with E-state index in [0.717, 1.165) is 11.8 Å². The average molecular weight is 500 g/mol. The molecule has 1 atom stereocenters. The first kappa shape index (κ1) is 29.5. The van der Waals surface area contributed by atoms with Crippen molar-refractivity contribution in [2.45, 2.75) is 52.2 Å². The maximum Gasteiger partial charge on any atom is 0.306 e. The molecule has 0 fully saturated rings. The zero-order valence-corrected chi connectivity index (χ0v) is 21.1. The number of hydrogen-bond donors (Lipinski definition) is 2. The van der Waals surface area contributed by atoms with Gasteiger partial charge in [0.05, 0.1) is 12.9 Å². The monoisotopic (exact) mass is 499 g/mol. The molecule has 0 saturated heterocycles. The van der Waals surface area contributed by atoms with E-state index in [4.69, 9.17) is 8.92 Å². The Bertz CT molecular complexity index is 863. The Balaban J connectivity index is 2.56. The zero-order valence-electron chi connectivity index (χ0n) is 20.2. The number of benzene rings is 1. The quantitative estimate of drug-likeness (QED) is 0.186. The van der Waals surface area contributed by atoms with Crippen LogP contribution in [-0.4, -0.2) is 76.2 Å². The Morgan fingerprint density at radius 2 is 1.74 bits per heavy atom. The molecule has 192 valence electrons. The summed E-state index contributed by atoms with van der Waals surface area (Å²) in [5.41, 5.74) is 0.922. The van der Waals surface area contributed by atoms with Crippen LogP contribution in [0.3, 0.4) is 0 Å². The van der Waals surface area contributed by atoms with Gasteiger partial charge in [-0.05, 0) is 31.4 Å². The van der Waals surface area contributed by atoms with Crippen LogP contribution in [0, 0.1) is 0 Å². The van der Waals surface area contributed by atoms with Crippen molar-refractivity contribution in [2.75, 3.05) is 39.0 Å². The van der Waals surface area contributed by atoms with Gasteiger partial charge < -0.3 is 15.4 Å². The smallest absolute Gasteiger partial charge is 0.306 e. The number of hydrogen-bond acceptors (Lipinski definition) is 8. The predicted octanol–water partition coefficient (Wildman–Crippen LogP) is 1.21. The van der Waals surface area contributed by atoms with E-state index in [1.54, 1.807) is 0 Å². The van der Waals surface area contributed by atoms with Crippen LogP contribution in [0.15, 0.2) is 30.3 Å². The van der Waals surface area contributed by atoms with E-state index in [1.807, 2.05) is 30.3 Å². The van der Waals surface area contributed by atoms with Gasteiger partial charge in [-0.1, -0.05) is 30.3 Å². The molecule has 0 radical (unpaired) electrons. The van der Waals surface area contributed by atoms with Crippen molar-refractivity contribution in [2.24, 2.45) is 0 Å². The first-order valence-electron chi connectivity index (χ1n) is 11.3. The van der Waals surface area contributed by atoms with Crippen LogP contribution in [0.2, 0.25) is 0 Å². The molecule has 1 rings (SSSR count). The molecule has 1 aromatic carbocycles. The molecule has 1 unspecified atom stereocenters. The van der Waals surface area contributed by atoms with Gasteiger partial charge in [0.2, 0.25) is 11.8 Å². The summed E-state index contributed by atoms with van der Waals surface area (Å²) in [5, 5.41) is 5.63. The third-order valence-electron chi connectivity index (χ3n) is 4.78. The third-order valence-corrected chi connectivity index (χ3v) is 5.37. The summed E-state index contributed by atoms with van der Waals surface area (Å²) in [5.74, 6) is -0.622. The minimum atomic E-state index is -3.51. The molecule has 1 aromatic rings. The predicted molar refractivity (Wildman–Crippen MR) is 128 cm³/mol. The number of rotatable bonds is 17. The molecule has 0 aromatic heterocycles. The Hall–Kier alpha value is -2.50. The number of esters is 1. The summed E-state index contributed by atoms with van der Waals surface area (Å²) < 4.78 is 32.4. The fourth-order valence-corrected chi connectivity index (χ4v) is 3.71. The number of nitrogens with one attached hydrogen (secondary N) is 2. The standard InChI is InChI=1S/C23H37N3O7S/c1-19(27)24-13-15-26(14-7-12-23(29)32-18-21-9-5-4-6-10-21)17-22(25-20(2)28)11-8-16-33-34(3,30)31/h4-6,9-10,22H,7-8,11-18H2,1-3H3,(H,24,27)(H,25,28). The Morgan fingerprint density at radius 1 is 1.03 bits per heavy atom. The molecule has 0 saturated carbocycles. The highest BCUT2D eigenvalue weighted by Crippen LogP contribution is 2.07. The van der Waals surface area contributed by atoms with Crippen molar-refractivity contribution < 1.29 is 31.7 Å². The van der Waals surface area contributed by atoms with Crippen LogP contribution in [0.1, 0.15) is 45.1 Å². The average Bonchev–Trinajstić information content (AvgIpc) is 2.74. The van der Waals surface area contributed by atoms with Gasteiger partial charge in [-0.2, -0.15) is 8.42 Å². The summed E-state index contributed by atoms with van der Waals surface area (Å²) in [6, 6.07) is 9.21. The number of carbonyl (C=O) groups excluding carboxylic acids is 3. The first-order valence-corrected chi connectivity index (χ1v) is 13.1. The molecular formula is C23H37N3O7S. The van der Waals surface area contributed by atoms with Crippen molar-refractivity contribution in [3.05, 3.63) is 35.9 Å². The van der Waals surface area contributed by atoms with Gasteiger partial charge in [-0.15, -0.1) is 0 Å². The van der Waals surface area contributed by atoms with E-state index in [0.29, 0.717) is 45.4 Å². The van der Waals surface area contributed by atoms with Crippen molar-refractivity contribution in [1.82, 2.24) is 15.5 Å². The molecule has 0 spiro atoms. The second-order valence-corrected chi connectivity index (χ2v) is 9.74. The largest absolute Gasteiger partial charge is 0.461 e. The van der Waals surface area contributed by atoms with Crippen LogP contribution < -0.4 is 10.6 Å². The topological polar surface area (TPSA) is 131 Å². The molecule has 0 aliphatic rings. The summed E-state index contributed by atoms with van der Waals surface area (Å²) in [6.07, 6.45) is 2.76. The molecule has 2 amide bonds. The highest BCUT2D eigenvalue weighted by molar-refractivity contribution is 7.85. The molecule has 0 heterocycles. The number of nitrogens with zero attached hydrogens (tertiary/aromatic N) is 1. The van der Waals surface area contributed by atoms with Crippen LogP contribution in [-0.2, 0) is 40.0 Å². The summed E-state index contributed by atoms with van der Waals surface area (Å²) in [6.45, 7) is 5.14. The Morgan fingerprint density at radius 3 is 2.35 bits per heavy atom. The lowest BCUT2D eigenvalue weighted by Gasteiger charge is -2.28. The Labute approximate surface area is 202 Å². The number of ether oxygens (including phenoxy) is 1. The van der Waals surface area contributed by atoms with Crippen molar-refractivity contribution in [1.29, 1.82) is 0 Å². The fourth-order valence-electron chi connectivity index (χ4n) is 3.29. The lowest BCUT2D eigenvalue weighted by Crippen LogP contribution is -2.45. The van der Waals surface area contributed by atoms with Crippen LogP contribution in [0.25, 0.3) is 0 Å².